The van der Waals surface area contributed by atoms with Crippen LogP contribution >= 0.6 is 0 Å². The van der Waals surface area contributed by atoms with Crippen molar-refractivity contribution in [3.63, 3.8) is 0 Å². The Morgan fingerprint density at radius 1 is 0.586 bits per heavy atom. The molecule has 14 heteroatoms. The summed E-state index contributed by atoms with van der Waals surface area (Å²) in [5.74, 6) is -0.116. The van der Waals surface area contributed by atoms with Crippen molar-refractivity contribution in [1.29, 1.82) is 0 Å². The van der Waals surface area contributed by atoms with Gasteiger partial charge >= 0.3 is 24.7 Å². The van der Waals surface area contributed by atoms with Crippen molar-refractivity contribution in [3.8, 4) is 11.4 Å². The Kier molecular flexibility index (Phi) is 5.30. The fourth-order valence-corrected chi connectivity index (χ4v) is 2.65. The van der Waals surface area contributed by atoms with Crippen LogP contribution in [0.15, 0.2) is 24.3 Å². The zero-order valence-corrected chi connectivity index (χ0v) is 13.7. The van der Waals surface area contributed by atoms with Crippen molar-refractivity contribution in [2.24, 2.45) is 0 Å². The number of hydrogen-bond donors (Lipinski definition) is 0. The summed E-state index contributed by atoms with van der Waals surface area (Å²) < 4.78 is 163. The predicted octanol–water partition coefficient (Wildman–Crippen LogP) is 6.56. The fraction of sp³-hybridized carbons (Fsp3) is 0.333. The van der Waals surface area contributed by atoms with Gasteiger partial charge in [0.05, 0.1) is 18.2 Å². The number of rotatable bonds is 2. The molecule has 0 saturated heterocycles. The highest BCUT2D eigenvalue weighted by molar-refractivity contribution is 5.52. The molecule has 0 radical (unpaired) electrons. The van der Waals surface area contributed by atoms with Crippen LogP contribution in [0.5, 0.6) is 5.75 Å². The third-order valence-corrected chi connectivity index (χ3v) is 3.61. The molecule has 0 N–H and O–H groups in total. The lowest BCUT2D eigenvalue weighted by molar-refractivity contribution is -0.178. The molecule has 1 aromatic heterocycles. The molecule has 162 valence electrons. The second-order valence-corrected chi connectivity index (χ2v) is 5.47. The van der Waals surface area contributed by atoms with Crippen molar-refractivity contribution >= 4 is 0 Å². The Bertz CT molecular complexity index is 831. The maximum Gasteiger partial charge on any atom is 0.432 e. The van der Waals surface area contributed by atoms with Gasteiger partial charge in [0, 0.05) is 5.69 Å². The maximum absolute atomic E-state index is 13.4. The molecule has 0 spiro atoms. The molecule has 0 aliphatic carbocycles. The second-order valence-electron chi connectivity index (χ2n) is 5.47. The minimum Gasteiger partial charge on any atom is -0.497 e. The van der Waals surface area contributed by atoms with Gasteiger partial charge in [0.25, 0.3) is 0 Å². The number of halogens is 12. The molecule has 0 unspecified atom stereocenters. The standard InChI is InChI=1S/C15H7F12NO/c1-29-7-4-2-6(3-5-7)28-10(14(22,23)24)8(12(16,17)18)9(13(19,20)21)11(28)15(25,26)27/h2-5H,1H3. The molecule has 2 nitrogen and oxygen atoms in total. The van der Waals surface area contributed by atoms with Crippen LogP contribution < -0.4 is 4.74 Å². The third-order valence-electron chi connectivity index (χ3n) is 3.61. The average molecular weight is 445 g/mol. The molecule has 2 aromatic rings. The summed E-state index contributed by atoms with van der Waals surface area (Å²) in [6.07, 6.45) is -25.2. The van der Waals surface area contributed by atoms with Gasteiger partial charge in [0.1, 0.15) is 17.1 Å². The molecular weight excluding hydrogens is 438 g/mol. The Morgan fingerprint density at radius 3 is 1.17 bits per heavy atom. The Hall–Kier alpha value is -2.54. The highest BCUT2D eigenvalue weighted by atomic mass is 19.4. The van der Waals surface area contributed by atoms with Gasteiger partial charge in [-0.05, 0) is 24.3 Å². The van der Waals surface area contributed by atoms with E-state index in [0.29, 0.717) is 12.1 Å². The van der Waals surface area contributed by atoms with E-state index in [1.807, 2.05) is 0 Å². The van der Waals surface area contributed by atoms with Gasteiger partial charge in [0.15, 0.2) is 0 Å². The monoisotopic (exact) mass is 445 g/mol. The number of ether oxygens (including phenoxy) is 1. The summed E-state index contributed by atoms with van der Waals surface area (Å²) in [5, 5.41) is 0. The number of alkyl halides is 12. The van der Waals surface area contributed by atoms with Gasteiger partial charge in [-0.15, -0.1) is 0 Å². The van der Waals surface area contributed by atoms with Crippen LogP contribution in [-0.2, 0) is 24.7 Å². The summed E-state index contributed by atoms with van der Waals surface area (Å²) in [6.45, 7) is 0. The van der Waals surface area contributed by atoms with Gasteiger partial charge in [-0.1, -0.05) is 0 Å². The molecule has 0 atom stereocenters. The van der Waals surface area contributed by atoms with Crippen molar-refractivity contribution in [2.75, 3.05) is 7.11 Å². The summed E-state index contributed by atoms with van der Waals surface area (Å²) in [7, 11) is 1.07. The van der Waals surface area contributed by atoms with E-state index in [1.165, 1.54) is 0 Å². The minimum atomic E-state index is -6.40. The lowest BCUT2D eigenvalue weighted by atomic mass is 10.1. The number of methoxy groups -OCH3 is 1. The van der Waals surface area contributed by atoms with Gasteiger partial charge < -0.3 is 9.30 Å². The van der Waals surface area contributed by atoms with Crippen LogP contribution in [-0.4, -0.2) is 11.7 Å². The summed E-state index contributed by atoms with van der Waals surface area (Å²) >= 11 is 0. The smallest absolute Gasteiger partial charge is 0.432 e. The van der Waals surface area contributed by atoms with Crippen LogP contribution in [0.25, 0.3) is 5.69 Å². The fourth-order valence-electron chi connectivity index (χ4n) is 2.65. The summed E-state index contributed by atoms with van der Waals surface area (Å²) in [5.41, 5.74) is -14.5. The molecule has 0 bridgehead atoms. The molecule has 2 rings (SSSR count). The van der Waals surface area contributed by atoms with E-state index in [4.69, 9.17) is 0 Å². The topological polar surface area (TPSA) is 14.2 Å². The van der Waals surface area contributed by atoms with Crippen molar-refractivity contribution in [1.82, 2.24) is 4.57 Å². The van der Waals surface area contributed by atoms with Crippen LogP contribution in [0.3, 0.4) is 0 Å². The van der Waals surface area contributed by atoms with Gasteiger partial charge in [-0.25, -0.2) is 0 Å². The number of benzene rings is 1. The van der Waals surface area contributed by atoms with Gasteiger partial charge in [-0.2, -0.15) is 52.7 Å². The molecule has 1 heterocycles. The van der Waals surface area contributed by atoms with Gasteiger partial charge in [-0.3, -0.25) is 0 Å². The van der Waals surface area contributed by atoms with E-state index in [0.717, 1.165) is 19.2 Å². The Labute approximate surface area is 153 Å². The van der Waals surface area contributed by atoms with E-state index >= 15 is 0 Å². The van der Waals surface area contributed by atoms with Crippen molar-refractivity contribution in [3.05, 3.63) is 46.8 Å². The molecule has 1 aromatic carbocycles. The number of hydrogen-bond acceptors (Lipinski definition) is 1. The molecule has 0 saturated carbocycles. The Balaban J connectivity index is 3.18. The highest BCUT2D eigenvalue weighted by Crippen LogP contribution is 2.53. The largest absolute Gasteiger partial charge is 0.497 e. The first-order chi connectivity index (χ1) is 12.9. The molecular formula is C15H7F12NO. The van der Waals surface area contributed by atoms with Crippen LogP contribution in [0, 0.1) is 0 Å². The van der Waals surface area contributed by atoms with E-state index in [-0.39, 0.29) is 5.75 Å². The molecule has 29 heavy (non-hydrogen) atoms. The molecule has 0 fully saturated rings. The molecule has 0 amide bonds. The lowest BCUT2D eigenvalue weighted by Crippen LogP contribution is -2.21. The predicted molar refractivity (Wildman–Crippen MR) is 72.3 cm³/mol. The van der Waals surface area contributed by atoms with E-state index < -0.39 is 57.5 Å². The first-order valence-electron chi connectivity index (χ1n) is 7.12. The maximum atomic E-state index is 13.4. The number of nitrogens with zero attached hydrogens (tertiary/aromatic N) is 1. The van der Waals surface area contributed by atoms with Gasteiger partial charge in [0.2, 0.25) is 0 Å². The van der Waals surface area contributed by atoms with Crippen molar-refractivity contribution < 1.29 is 57.4 Å². The first kappa shape index (κ1) is 22.7. The van der Waals surface area contributed by atoms with Crippen LogP contribution in [0.4, 0.5) is 52.7 Å². The van der Waals surface area contributed by atoms with E-state index in [1.54, 1.807) is 0 Å². The highest BCUT2D eigenvalue weighted by Gasteiger charge is 2.59. The zero-order chi connectivity index (χ0) is 22.6. The summed E-state index contributed by atoms with van der Waals surface area (Å²) in [6, 6.07) is 2.47. The quantitative estimate of drug-likeness (QED) is 0.478. The third kappa shape index (κ3) is 4.24. The molecule has 0 aliphatic heterocycles. The van der Waals surface area contributed by atoms with Crippen LogP contribution in [0.2, 0.25) is 0 Å². The minimum absolute atomic E-state index is 0.116. The summed E-state index contributed by atoms with van der Waals surface area (Å²) in [4.78, 5) is 0. The SMILES string of the molecule is COc1ccc(-n2c(C(F)(F)F)c(C(F)(F)F)c(C(F)(F)F)c2C(F)(F)F)cc1. The van der Waals surface area contributed by atoms with E-state index in [2.05, 4.69) is 4.74 Å². The van der Waals surface area contributed by atoms with Crippen LogP contribution in [0.1, 0.15) is 22.5 Å². The van der Waals surface area contributed by atoms with Crippen molar-refractivity contribution in [2.45, 2.75) is 24.7 Å². The lowest BCUT2D eigenvalue weighted by Gasteiger charge is -2.18. The first-order valence-corrected chi connectivity index (χ1v) is 7.12. The zero-order valence-electron chi connectivity index (χ0n) is 13.7. The normalized spacial score (nSPS) is 13.7. The number of aromatic nitrogens is 1. The van der Waals surface area contributed by atoms with E-state index in [9.17, 15) is 52.7 Å². The molecule has 0 aliphatic rings. The Morgan fingerprint density at radius 2 is 0.931 bits per heavy atom. The second kappa shape index (κ2) is 6.76. The average Bonchev–Trinajstić information content (AvgIpc) is 2.91.